The van der Waals surface area contributed by atoms with E-state index in [0.717, 1.165) is 12.1 Å². The normalized spacial score (nSPS) is 11.7. The zero-order valence-corrected chi connectivity index (χ0v) is 14.2. The van der Waals surface area contributed by atoms with Gasteiger partial charge >= 0.3 is 5.97 Å². The number of anilines is 1. The maximum atomic E-state index is 13.0. The number of ether oxygens (including phenoxy) is 1. The van der Waals surface area contributed by atoms with Gasteiger partial charge in [-0.3, -0.25) is 9.59 Å². The second-order valence-electron chi connectivity index (χ2n) is 5.01. The molecule has 2 rings (SSSR count). The summed E-state index contributed by atoms with van der Waals surface area (Å²) in [7, 11) is 0. The molecule has 1 atom stereocenters. The third-order valence-corrected chi connectivity index (χ3v) is 3.84. The molecule has 1 N–H and O–H groups in total. The summed E-state index contributed by atoms with van der Waals surface area (Å²) in [5.41, 5.74) is 0.843. The quantitative estimate of drug-likeness (QED) is 0.801. The molecule has 0 fully saturated rings. The molecular formula is C17H14Cl2FNO3. The number of benzene rings is 2. The van der Waals surface area contributed by atoms with E-state index in [1.807, 2.05) is 0 Å². The molecule has 0 aliphatic carbocycles. The van der Waals surface area contributed by atoms with Gasteiger partial charge in [0.25, 0.3) is 5.91 Å². The van der Waals surface area contributed by atoms with Crippen LogP contribution >= 0.6 is 23.2 Å². The fourth-order valence-corrected chi connectivity index (χ4v) is 2.33. The number of amides is 1. The second kappa shape index (κ2) is 8.13. The largest absolute Gasteiger partial charge is 0.452 e. The summed E-state index contributed by atoms with van der Waals surface area (Å²) in [6, 6.07) is 10.4. The van der Waals surface area contributed by atoms with Crippen LogP contribution < -0.4 is 5.32 Å². The standard InChI is InChI=1S/C17H14Cl2FNO3/c1-10(17(23)21-15-7-6-12(20)9-14(15)19)24-16(22)8-11-4-2-3-5-13(11)18/h2-7,9-10H,8H2,1H3,(H,21,23). The summed E-state index contributed by atoms with van der Waals surface area (Å²) in [5, 5.41) is 2.98. The zero-order valence-electron chi connectivity index (χ0n) is 12.7. The first kappa shape index (κ1) is 18.2. The van der Waals surface area contributed by atoms with Crippen molar-refractivity contribution in [2.45, 2.75) is 19.4 Å². The third-order valence-electron chi connectivity index (χ3n) is 3.16. The number of esters is 1. The lowest BCUT2D eigenvalue weighted by molar-refractivity contribution is -0.152. The van der Waals surface area contributed by atoms with Gasteiger partial charge in [0.2, 0.25) is 0 Å². The minimum absolute atomic E-state index is 0.0470. The van der Waals surface area contributed by atoms with Crippen molar-refractivity contribution in [3.05, 3.63) is 63.9 Å². The average Bonchev–Trinajstić information content (AvgIpc) is 2.52. The Kier molecular flexibility index (Phi) is 6.17. The molecule has 24 heavy (non-hydrogen) atoms. The van der Waals surface area contributed by atoms with Crippen LogP contribution in [0.4, 0.5) is 10.1 Å². The van der Waals surface area contributed by atoms with E-state index in [4.69, 9.17) is 27.9 Å². The van der Waals surface area contributed by atoms with Crippen molar-refractivity contribution >= 4 is 40.8 Å². The van der Waals surface area contributed by atoms with Crippen LogP contribution in [0.5, 0.6) is 0 Å². The van der Waals surface area contributed by atoms with Gasteiger partial charge in [-0.15, -0.1) is 0 Å². The summed E-state index contributed by atoms with van der Waals surface area (Å²) in [4.78, 5) is 23.9. The molecule has 0 saturated heterocycles. The van der Waals surface area contributed by atoms with E-state index >= 15 is 0 Å². The van der Waals surface area contributed by atoms with Crippen molar-refractivity contribution in [2.75, 3.05) is 5.32 Å². The Morgan fingerprint density at radius 2 is 1.88 bits per heavy atom. The second-order valence-corrected chi connectivity index (χ2v) is 5.83. The predicted molar refractivity (Wildman–Crippen MR) is 90.7 cm³/mol. The molecule has 0 aliphatic heterocycles. The van der Waals surface area contributed by atoms with Crippen LogP contribution in [-0.2, 0) is 20.7 Å². The topological polar surface area (TPSA) is 55.4 Å². The first-order valence-electron chi connectivity index (χ1n) is 7.05. The molecule has 1 amide bonds. The molecule has 7 heteroatoms. The number of halogens is 3. The van der Waals surface area contributed by atoms with Crippen LogP contribution in [0.3, 0.4) is 0 Å². The van der Waals surface area contributed by atoms with E-state index in [0.29, 0.717) is 10.6 Å². The number of hydrogen-bond acceptors (Lipinski definition) is 3. The molecule has 2 aromatic rings. The van der Waals surface area contributed by atoms with Crippen LogP contribution in [0.15, 0.2) is 42.5 Å². The maximum Gasteiger partial charge on any atom is 0.311 e. The summed E-state index contributed by atoms with van der Waals surface area (Å²) in [6.07, 6.45) is -1.09. The van der Waals surface area contributed by atoms with Crippen LogP contribution in [0.1, 0.15) is 12.5 Å². The highest BCUT2D eigenvalue weighted by Gasteiger charge is 2.19. The highest BCUT2D eigenvalue weighted by Crippen LogP contribution is 2.22. The Labute approximate surface area is 148 Å². The van der Waals surface area contributed by atoms with Crippen molar-refractivity contribution in [3.8, 4) is 0 Å². The highest BCUT2D eigenvalue weighted by atomic mass is 35.5. The fraction of sp³-hybridized carbons (Fsp3) is 0.176. The number of rotatable bonds is 5. The van der Waals surface area contributed by atoms with Gasteiger partial charge in [0.1, 0.15) is 5.82 Å². The van der Waals surface area contributed by atoms with Gasteiger partial charge in [0.05, 0.1) is 17.1 Å². The molecule has 0 radical (unpaired) electrons. The van der Waals surface area contributed by atoms with E-state index in [1.54, 1.807) is 24.3 Å². The summed E-state index contributed by atoms with van der Waals surface area (Å²) < 4.78 is 18.1. The van der Waals surface area contributed by atoms with Gasteiger partial charge in [0, 0.05) is 5.02 Å². The van der Waals surface area contributed by atoms with E-state index < -0.39 is 23.8 Å². The first-order valence-corrected chi connectivity index (χ1v) is 7.81. The number of hydrogen-bond donors (Lipinski definition) is 1. The van der Waals surface area contributed by atoms with Crippen molar-refractivity contribution < 1.29 is 18.7 Å². The van der Waals surface area contributed by atoms with Crippen LogP contribution in [0.25, 0.3) is 0 Å². The Hall–Kier alpha value is -2.11. The van der Waals surface area contributed by atoms with Crippen molar-refractivity contribution in [1.29, 1.82) is 0 Å². The van der Waals surface area contributed by atoms with Crippen molar-refractivity contribution in [1.82, 2.24) is 0 Å². The van der Waals surface area contributed by atoms with Gasteiger partial charge in [-0.1, -0.05) is 41.4 Å². The Morgan fingerprint density at radius 3 is 2.54 bits per heavy atom. The minimum atomic E-state index is -1.04. The lowest BCUT2D eigenvalue weighted by Crippen LogP contribution is -2.30. The molecule has 0 aromatic heterocycles. The highest BCUT2D eigenvalue weighted by molar-refractivity contribution is 6.33. The molecule has 0 bridgehead atoms. The first-order chi connectivity index (χ1) is 11.4. The Balaban J connectivity index is 1.93. The van der Waals surface area contributed by atoms with E-state index in [9.17, 15) is 14.0 Å². The SMILES string of the molecule is CC(OC(=O)Cc1ccccc1Cl)C(=O)Nc1ccc(F)cc1Cl. The van der Waals surface area contributed by atoms with Gasteiger partial charge in [-0.25, -0.2) is 4.39 Å². The summed E-state index contributed by atoms with van der Waals surface area (Å²) in [6.45, 7) is 1.43. The molecular weight excluding hydrogens is 356 g/mol. The molecule has 0 aliphatic rings. The third kappa shape index (κ3) is 4.94. The van der Waals surface area contributed by atoms with Crippen LogP contribution in [-0.4, -0.2) is 18.0 Å². The Morgan fingerprint density at radius 1 is 1.17 bits per heavy atom. The summed E-state index contributed by atoms with van der Waals surface area (Å²) in [5.74, 6) is -1.68. The van der Waals surface area contributed by atoms with Gasteiger partial charge in [-0.2, -0.15) is 0 Å². The predicted octanol–water partition coefficient (Wildman–Crippen LogP) is 4.25. The molecule has 0 heterocycles. The molecule has 0 saturated carbocycles. The fourth-order valence-electron chi connectivity index (χ4n) is 1.91. The van der Waals surface area contributed by atoms with Gasteiger partial charge in [0.15, 0.2) is 6.10 Å². The molecule has 0 spiro atoms. The molecule has 1 unspecified atom stereocenters. The Bertz CT molecular complexity index is 767. The van der Waals surface area contributed by atoms with Crippen LogP contribution in [0.2, 0.25) is 10.0 Å². The zero-order chi connectivity index (χ0) is 17.7. The van der Waals surface area contributed by atoms with E-state index in [2.05, 4.69) is 5.32 Å². The number of carbonyl (C=O) groups excluding carboxylic acids is 2. The molecule has 4 nitrogen and oxygen atoms in total. The summed E-state index contributed by atoms with van der Waals surface area (Å²) >= 11 is 11.8. The lowest BCUT2D eigenvalue weighted by atomic mass is 10.1. The van der Waals surface area contributed by atoms with Gasteiger partial charge < -0.3 is 10.1 Å². The minimum Gasteiger partial charge on any atom is -0.452 e. The van der Waals surface area contributed by atoms with Crippen LogP contribution in [0, 0.1) is 5.82 Å². The molecule has 2 aromatic carbocycles. The molecule has 126 valence electrons. The smallest absolute Gasteiger partial charge is 0.311 e. The monoisotopic (exact) mass is 369 g/mol. The van der Waals surface area contributed by atoms with E-state index in [1.165, 1.54) is 13.0 Å². The number of nitrogens with one attached hydrogen (secondary N) is 1. The lowest BCUT2D eigenvalue weighted by Gasteiger charge is -2.14. The van der Waals surface area contributed by atoms with Crippen molar-refractivity contribution in [2.24, 2.45) is 0 Å². The van der Waals surface area contributed by atoms with Crippen molar-refractivity contribution in [3.63, 3.8) is 0 Å². The average molecular weight is 370 g/mol. The van der Waals surface area contributed by atoms with Gasteiger partial charge in [-0.05, 0) is 36.8 Å². The van der Waals surface area contributed by atoms with E-state index in [-0.39, 0.29) is 17.1 Å². The maximum absolute atomic E-state index is 13.0. The number of carbonyl (C=O) groups is 2.